The van der Waals surface area contributed by atoms with Crippen molar-refractivity contribution in [2.45, 2.75) is 59.4 Å². The van der Waals surface area contributed by atoms with Gasteiger partial charge in [-0.15, -0.1) is 0 Å². The van der Waals surface area contributed by atoms with Gasteiger partial charge in [0.1, 0.15) is 0 Å². The molecule has 0 atom stereocenters. The lowest BCUT2D eigenvalue weighted by Gasteiger charge is -2.20. The fourth-order valence-electron chi connectivity index (χ4n) is 3.67. The first-order chi connectivity index (χ1) is 13.5. The molecule has 8 heteroatoms. The van der Waals surface area contributed by atoms with E-state index >= 15 is 0 Å². The maximum Gasteiger partial charge on any atom is 0.276 e. The molecule has 3 rings (SSSR count). The van der Waals surface area contributed by atoms with Crippen LogP contribution in [0.5, 0.6) is 0 Å². The van der Waals surface area contributed by atoms with Gasteiger partial charge in [-0.2, -0.15) is 5.10 Å². The van der Waals surface area contributed by atoms with E-state index in [2.05, 4.69) is 15.6 Å². The molecule has 0 radical (unpaired) electrons. The van der Waals surface area contributed by atoms with Crippen LogP contribution >= 0.6 is 0 Å². The van der Waals surface area contributed by atoms with Crippen molar-refractivity contribution in [1.29, 1.82) is 0 Å². The molecule has 2 aromatic rings. The first-order valence-electron chi connectivity index (χ1n) is 10.1. The Morgan fingerprint density at radius 2 is 2.00 bits per heavy atom. The van der Waals surface area contributed by atoms with Crippen LogP contribution in [0.15, 0.2) is 10.6 Å². The molecular formula is C20H29N5O3. The smallest absolute Gasteiger partial charge is 0.276 e. The molecule has 1 aliphatic heterocycles. The maximum atomic E-state index is 13.0. The summed E-state index contributed by atoms with van der Waals surface area (Å²) in [5, 5.41) is 11.4. The van der Waals surface area contributed by atoms with Gasteiger partial charge in [-0.1, -0.05) is 18.0 Å². The van der Waals surface area contributed by atoms with Crippen LogP contribution in [0, 0.1) is 13.8 Å². The first-order valence-corrected chi connectivity index (χ1v) is 10.1. The third kappa shape index (κ3) is 4.43. The Morgan fingerprint density at radius 3 is 2.75 bits per heavy atom. The lowest BCUT2D eigenvalue weighted by Crippen LogP contribution is -2.36. The molecule has 152 valence electrons. The third-order valence-corrected chi connectivity index (χ3v) is 5.23. The summed E-state index contributed by atoms with van der Waals surface area (Å²) in [4.78, 5) is 26.6. The zero-order valence-corrected chi connectivity index (χ0v) is 17.0. The summed E-state index contributed by atoms with van der Waals surface area (Å²) in [6.07, 6.45) is 4.30. The lowest BCUT2D eigenvalue weighted by molar-refractivity contribution is -0.121. The third-order valence-electron chi connectivity index (χ3n) is 5.23. The number of nitrogens with one attached hydrogen (secondary N) is 1. The van der Waals surface area contributed by atoms with Gasteiger partial charge in [0.05, 0.1) is 11.3 Å². The number of hydrogen-bond acceptors (Lipinski definition) is 5. The van der Waals surface area contributed by atoms with E-state index in [0.717, 1.165) is 49.2 Å². The van der Waals surface area contributed by atoms with Crippen LogP contribution in [0.3, 0.4) is 0 Å². The van der Waals surface area contributed by atoms with Crippen LogP contribution in [0.2, 0.25) is 0 Å². The molecule has 8 nitrogen and oxygen atoms in total. The summed E-state index contributed by atoms with van der Waals surface area (Å²) in [7, 11) is 0. The van der Waals surface area contributed by atoms with E-state index in [9.17, 15) is 9.59 Å². The normalized spacial score (nSPS) is 16.5. The van der Waals surface area contributed by atoms with Crippen LogP contribution in [-0.4, -0.2) is 51.3 Å². The molecule has 0 aromatic carbocycles. The minimum absolute atomic E-state index is 0.0150. The van der Waals surface area contributed by atoms with Crippen LogP contribution in [0.1, 0.15) is 60.9 Å². The Hall–Kier alpha value is -2.64. The molecule has 1 fully saturated rings. The molecule has 1 N–H and O–H groups in total. The molecule has 0 unspecified atom stereocenters. The predicted molar refractivity (Wildman–Crippen MR) is 105 cm³/mol. The molecule has 0 spiro atoms. The highest BCUT2D eigenvalue weighted by molar-refractivity contribution is 5.93. The van der Waals surface area contributed by atoms with Crippen molar-refractivity contribution in [3.05, 3.63) is 23.1 Å². The molecule has 2 aromatic heterocycles. The summed E-state index contributed by atoms with van der Waals surface area (Å²) in [6.45, 7) is 8.43. The molecule has 0 aliphatic carbocycles. The minimum Gasteiger partial charge on any atom is -0.356 e. The van der Waals surface area contributed by atoms with E-state index < -0.39 is 0 Å². The van der Waals surface area contributed by atoms with E-state index in [0.29, 0.717) is 31.8 Å². The highest BCUT2D eigenvalue weighted by Crippen LogP contribution is 2.28. The second-order valence-corrected chi connectivity index (χ2v) is 7.24. The average molecular weight is 387 g/mol. The maximum absolute atomic E-state index is 13.0. The van der Waals surface area contributed by atoms with E-state index in [-0.39, 0.29) is 17.5 Å². The van der Waals surface area contributed by atoms with Crippen LogP contribution in [0.25, 0.3) is 11.3 Å². The summed E-state index contributed by atoms with van der Waals surface area (Å²) >= 11 is 0. The Balaban J connectivity index is 1.78. The van der Waals surface area contributed by atoms with Gasteiger partial charge in [-0.05, 0) is 33.6 Å². The van der Waals surface area contributed by atoms with Crippen molar-refractivity contribution in [2.75, 3.05) is 19.6 Å². The van der Waals surface area contributed by atoms with Gasteiger partial charge in [0.15, 0.2) is 11.5 Å². The summed E-state index contributed by atoms with van der Waals surface area (Å²) in [5.74, 6) is 0.340. The van der Waals surface area contributed by atoms with Gasteiger partial charge < -0.3 is 14.7 Å². The molecule has 2 amide bonds. The van der Waals surface area contributed by atoms with Crippen molar-refractivity contribution in [2.24, 2.45) is 0 Å². The minimum atomic E-state index is -0.194. The number of nitrogens with zero attached hydrogens (tertiary/aromatic N) is 4. The fraction of sp³-hybridized carbons (Fsp3) is 0.600. The lowest BCUT2D eigenvalue weighted by atomic mass is 10.1. The molecule has 1 saturated heterocycles. The topological polar surface area (TPSA) is 93.3 Å². The number of rotatable bonds is 3. The SMILES string of the molecule is CCn1nc(C)c(-c2cc(C(=O)N3CCCCCCNC(=O)CC3)no2)c1C. The highest BCUT2D eigenvalue weighted by Gasteiger charge is 2.23. The van der Waals surface area contributed by atoms with Gasteiger partial charge in [0.2, 0.25) is 5.91 Å². The van der Waals surface area contributed by atoms with E-state index in [4.69, 9.17) is 4.52 Å². The van der Waals surface area contributed by atoms with E-state index in [1.807, 2.05) is 25.5 Å². The molecule has 3 heterocycles. The Kier molecular flexibility index (Phi) is 6.49. The molecule has 1 aliphatic rings. The molecular weight excluding hydrogens is 358 g/mol. The van der Waals surface area contributed by atoms with Crippen molar-refractivity contribution in [3.63, 3.8) is 0 Å². The van der Waals surface area contributed by atoms with Gasteiger partial charge in [-0.3, -0.25) is 14.3 Å². The van der Waals surface area contributed by atoms with Crippen LogP contribution in [0.4, 0.5) is 0 Å². The number of carbonyl (C=O) groups excluding carboxylic acids is 2. The summed E-state index contributed by atoms with van der Waals surface area (Å²) in [5.41, 5.74) is 2.99. The second kappa shape index (κ2) is 9.03. The zero-order valence-electron chi connectivity index (χ0n) is 17.0. The molecule has 0 bridgehead atoms. The standard InChI is InChI=1S/C20H29N5O3/c1-4-25-15(3)19(14(2)22-25)17-13-16(23-28-17)20(27)24-11-8-6-5-7-10-21-18(26)9-12-24/h13H,4-12H2,1-3H3,(H,21,26). The number of amides is 2. The van der Waals surface area contributed by atoms with Crippen molar-refractivity contribution >= 4 is 11.8 Å². The van der Waals surface area contributed by atoms with Gasteiger partial charge in [0, 0.05) is 44.4 Å². The summed E-state index contributed by atoms with van der Waals surface area (Å²) in [6, 6.07) is 1.69. The quantitative estimate of drug-likeness (QED) is 0.874. The van der Waals surface area contributed by atoms with Crippen molar-refractivity contribution in [3.8, 4) is 11.3 Å². The predicted octanol–water partition coefficient (Wildman–Crippen LogP) is 2.70. The van der Waals surface area contributed by atoms with Gasteiger partial charge in [-0.25, -0.2) is 0 Å². The highest BCUT2D eigenvalue weighted by atomic mass is 16.5. The number of aryl methyl sites for hydroxylation is 2. The average Bonchev–Trinajstić information content (AvgIpc) is 3.25. The Morgan fingerprint density at radius 1 is 1.21 bits per heavy atom. The van der Waals surface area contributed by atoms with Crippen molar-refractivity contribution in [1.82, 2.24) is 25.2 Å². The number of hydrogen-bond donors (Lipinski definition) is 1. The Labute approximate surface area is 165 Å². The largest absolute Gasteiger partial charge is 0.356 e. The fourth-order valence-corrected chi connectivity index (χ4v) is 3.67. The Bertz CT molecular complexity index is 839. The second-order valence-electron chi connectivity index (χ2n) is 7.24. The van der Waals surface area contributed by atoms with Crippen LogP contribution in [-0.2, 0) is 11.3 Å². The molecule has 28 heavy (non-hydrogen) atoms. The van der Waals surface area contributed by atoms with Crippen molar-refractivity contribution < 1.29 is 14.1 Å². The van der Waals surface area contributed by atoms with E-state index in [1.54, 1.807) is 11.0 Å². The monoisotopic (exact) mass is 387 g/mol. The van der Waals surface area contributed by atoms with E-state index in [1.165, 1.54) is 0 Å². The number of aromatic nitrogens is 3. The number of carbonyl (C=O) groups is 2. The first kappa shape index (κ1) is 20.1. The van der Waals surface area contributed by atoms with Gasteiger partial charge >= 0.3 is 0 Å². The molecule has 0 saturated carbocycles. The summed E-state index contributed by atoms with van der Waals surface area (Å²) < 4.78 is 7.40. The van der Waals surface area contributed by atoms with Crippen LogP contribution < -0.4 is 5.32 Å². The van der Waals surface area contributed by atoms with Gasteiger partial charge in [0.25, 0.3) is 5.91 Å². The zero-order chi connectivity index (χ0) is 20.1.